The van der Waals surface area contributed by atoms with E-state index in [-0.39, 0.29) is 0 Å². The highest BCUT2D eigenvalue weighted by Crippen LogP contribution is 2.28. The first-order valence-corrected chi connectivity index (χ1v) is 6.07. The molecule has 2 aromatic rings. The van der Waals surface area contributed by atoms with Gasteiger partial charge in [-0.1, -0.05) is 12.1 Å². The lowest BCUT2D eigenvalue weighted by Crippen LogP contribution is -2.24. The topological polar surface area (TPSA) is 30.9 Å². The van der Waals surface area contributed by atoms with Crippen LogP contribution >= 0.6 is 0 Å². The molecule has 2 nitrogen and oxygen atoms in total. The van der Waals surface area contributed by atoms with Crippen LogP contribution in [0.2, 0.25) is 0 Å². The molecule has 2 N–H and O–H groups in total. The van der Waals surface area contributed by atoms with Crippen molar-refractivity contribution in [1.82, 2.24) is 4.57 Å². The van der Waals surface area contributed by atoms with Gasteiger partial charge in [0.25, 0.3) is 0 Å². The molecule has 1 atom stereocenters. The second-order valence-electron chi connectivity index (χ2n) is 4.94. The van der Waals surface area contributed by atoms with Gasteiger partial charge in [-0.3, -0.25) is 0 Å². The highest BCUT2D eigenvalue weighted by atomic mass is 15.0. The Bertz CT molecular complexity index is 525. The van der Waals surface area contributed by atoms with Crippen LogP contribution in [0.15, 0.2) is 24.3 Å². The first kappa shape index (κ1) is 9.91. The van der Waals surface area contributed by atoms with Gasteiger partial charge in [0.2, 0.25) is 0 Å². The molecular formula is C14H18N2. The Kier molecular flexibility index (Phi) is 2.25. The van der Waals surface area contributed by atoms with Crippen LogP contribution in [-0.2, 0) is 13.0 Å². The van der Waals surface area contributed by atoms with E-state index in [0.29, 0.717) is 5.92 Å². The third-order valence-electron chi connectivity index (χ3n) is 3.74. The van der Waals surface area contributed by atoms with Crippen LogP contribution in [0.1, 0.15) is 17.7 Å². The Hall–Kier alpha value is -1.28. The third-order valence-corrected chi connectivity index (χ3v) is 3.74. The molecule has 1 aromatic carbocycles. The summed E-state index contributed by atoms with van der Waals surface area (Å²) in [4.78, 5) is 0. The van der Waals surface area contributed by atoms with Crippen LogP contribution in [0.3, 0.4) is 0 Å². The fourth-order valence-corrected chi connectivity index (χ4v) is 2.77. The summed E-state index contributed by atoms with van der Waals surface area (Å²) in [6.45, 7) is 4.11. The van der Waals surface area contributed by atoms with E-state index in [9.17, 15) is 0 Å². The number of aromatic nitrogens is 1. The lowest BCUT2D eigenvalue weighted by Gasteiger charge is -2.23. The molecule has 1 unspecified atom stereocenters. The molecule has 1 aliphatic rings. The maximum absolute atomic E-state index is 5.77. The summed E-state index contributed by atoms with van der Waals surface area (Å²) in [6.07, 6.45) is 2.37. The van der Waals surface area contributed by atoms with Crippen LogP contribution < -0.4 is 5.73 Å². The van der Waals surface area contributed by atoms with Crippen molar-refractivity contribution < 1.29 is 0 Å². The minimum Gasteiger partial charge on any atom is -0.345 e. The molecule has 16 heavy (non-hydrogen) atoms. The number of hydrogen-bond donors (Lipinski definition) is 1. The zero-order valence-corrected chi connectivity index (χ0v) is 9.74. The predicted octanol–water partition coefficient (Wildman–Crippen LogP) is 2.47. The number of fused-ring (bicyclic) bond motifs is 3. The molecule has 2 heterocycles. The van der Waals surface area contributed by atoms with Gasteiger partial charge in [-0.15, -0.1) is 0 Å². The Morgan fingerprint density at radius 1 is 1.38 bits per heavy atom. The van der Waals surface area contributed by atoms with Gasteiger partial charge in [-0.05, 0) is 55.3 Å². The zero-order valence-electron chi connectivity index (χ0n) is 9.74. The largest absolute Gasteiger partial charge is 0.345 e. The molecule has 1 aromatic heterocycles. The Morgan fingerprint density at radius 2 is 2.25 bits per heavy atom. The third kappa shape index (κ3) is 1.45. The van der Waals surface area contributed by atoms with Gasteiger partial charge in [-0.25, -0.2) is 0 Å². The molecule has 84 valence electrons. The quantitative estimate of drug-likeness (QED) is 0.776. The average molecular weight is 214 g/mol. The van der Waals surface area contributed by atoms with E-state index in [1.54, 1.807) is 0 Å². The summed E-state index contributed by atoms with van der Waals surface area (Å²) in [6, 6.07) is 9.04. The van der Waals surface area contributed by atoms with Crippen LogP contribution in [0.5, 0.6) is 0 Å². The van der Waals surface area contributed by atoms with Crippen LogP contribution in [0, 0.1) is 12.8 Å². The van der Waals surface area contributed by atoms with E-state index >= 15 is 0 Å². The fourth-order valence-electron chi connectivity index (χ4n) is 2.77. The van der Waals surface area contributed by atoms with E-state index in [2.05, 4.69) is 35.8 Å². The number of aryl methyl sites for hydroxylation is 2. The molecule has 0 amide bonds. The van der Waals surface area contributed by atoms with E-state index in [4.69, 9.17) is 5.73 Å². The van der Waals surface area contributed by atoms with Gasteiger partial charge in [-0.2, -0.15) is 0 Å². The monoisotopic (exact) mass is 214 g/mol. The molecule has 1 aliphatic heterocycles. The first-order valence-electron chi connectivity index (χ1n) is 6.07. The van der Waals surface area contributed by atoms with Gasteiger partial charge in [0.05, 0.1) is 0 Å². The molecule has 0 radical (unpaired) electrons. The summed E-state index contributed by atoms with van der Waals surface area (Å²) in [5.41, 5.74) is 9.97. The van der Waals surface area contributed by atoms with Crippen molar-refractivity contribution in [2.75, 3.05) is 6.54 Å². The van der Waals surface area contributed by atoms with Crippen LogP contribution in [-0.4, -0.2) is 11.1 Å². The second kappa shape index (κ2) is 3.63. The standard InChI is InChI=1S/C14H18N2/c1-10-2-3-12-8-13-7-11(9-15)4-5-16(13)14(12)6-10/h2-3,6,8,11H,4-5,7,9,15H2,1H3. The fraction of sp³-hybridized carbons (Fsp3) is 0.429. The van der Waals surface area contributed by atoms with Gasteiger partial charge in [0.1, 0.15) is 0 Å². The molecule has 2 heteroatoms. The maximum atomic E-state index is 5.77. The van der Waals surface area contributed by atoms with Gasteiger partial charge >= 0.3 is 0 Å². The minimum absolute atomic E-state index is 0.679. The van der Waals surface area contributed by atoms with E-state index in [0.717, 1.165) is 19.5 Å². The molecule has 0 bridgehead atoms. The SMILES string of the molecule is Cc1ccc2cc3n(c2c1)CCC(CN)C3. The maximum Gasteiger partial charge on any atom is 0.0485 e. The number of hydrogen-bond acceptors (Lipinski definition) is 1. The van der Waals surface area contributed by atoms with Crippen molar-refractivity contribution in [2.24, 2.45) is 11.7 Å². The van der Waals surface area contributed by atoms with Crippen molar-refractivity contribution in [3.05, 3.63) is 35.5 Å². The number of rotatable bonds is 1. The summed E-state index contributed by atoms with van der Waals surface area (Å²) in [5, 5.41) is 1.37. The van der Waals surface area contributed by atoms with Crippen molar-refractivity contribution in [1.29, 1.82) is 0 Å². The molecule has 0 aliphatic carbocycles. The smallest absolute Gasteiger partial charge is 0.0485 e. The molecular weight excluding hydrogens is 196 g/mol. The molecule has 3 rings (SSSR count). The normalized spacial score (nSPS) is 20.0. The van der Waals surface area contributed by atoms with Gasteiger partial charge < -0.3 is 10.3 Å². The van der Waals surface area contributed by atoms with Crippen molar-refractivity contribution in [3.8, 4) is 0 Å². The van der Waals surface area contributed by atoms with E-state index in [1.807, 2.05) is 0 Å². The number of nitrogens with two attached hydrogens (primary N) is 1. The highest BCUT2D eigenvalue weighted by molar-refractivity contribution is 5.82. The Labute approximate surface area is 96.1 Å². The van der Waals surface area contributed by atoms with Crippen molar-refractivity contribution in [2.45, 2.75) is 26.3 Å². The van der Waals surface area contributed by atoms with Crippen LogP contribution in [0.4, 0.5) is 0 Å². The summed E-state index contributed by atoms with van der Waals surface area (Å²) in [7, 11) is 0. The first-order chi connectivity index (χ1) is 7.78. The van der Waals surface area contributed by atoms with E-state index < -0.39 is 0 Å². The highest BCUT2D eigenvalue weighted by Gasteiger charge is 2.19. The van der Waals surface area contributed by atoms with Gasteiger partial charge in [0.15, 0.2) is 0 Å². The van der Waals surface area contributed by atoms with Crippen molar-refractivity contribution in [3.63, 3.8) is 0 Å². The number of nitrogens with zero attached hydrogens (tertiary/aromatic N) is 1. The predicted molar refractivity (Wildman–Crippen MR) is 67.5 cm³/mol. The van der Waals surface area contributed by atoms with Gasteiger partial charge in [0, 0.05) is 17.8 Å². The lowest BCUT2D eigenvalue weighted by molar-refractivity contribution is 0.402. The molecule has 0 fully saturated rings. The lowest BCUT2D eigenvalue weighted by atomic mass is 9.96. The zero-order chi connectivity index (χ0) is 11.1. The molecule has 0 spiro atoms. The minimum atomic E-state index is 0.679. The van der Waals surface area contributed by atoms with Crippen LogP contribution in [0.25, 0.3) is 10.9 Å². The molecule has 0 saturated carbocycles. The Morgan fingerprint density at radius 3 is 3.06 bits per heavy atom. The van der Waals surface area contributed by atoms with Crippen molar-refractivity contribution >= 4 is 10.9 Å². The van der Waals surface area contributed by atoms with E-state index in [1.165, 1.54) is 28.6 Å². The Balaban J connectivity index is 2.13. The average Bonchev–Trinajstić information content (AvgIpc) is 2.66. The summed E-state index contributed by atoms with van der Waals surface area (Å²) < 4.78 is 2.47. The summed E-state index contributed by atoms with van der Waals surface area (Å²) in [5.74, 6) is 0.679. The summed E-state index contributed by atoms with van der Waals surface area (Å²) >= 11 is 0. The number of benzene rings is 1. The second-order valence-corrected chi connectivity index (χ2v) is 4.94. The molecule has 0 saturated heterocycles.